The zero-order chi connectivity index (χ0) is 16.9. The minimum Gasteiger partial charge on any atom is -0.481 e. The van der Waals surface area contributed by atoms with Crippen molar-refractivity contribution in [2.45, 2.75) is 65.2 Å². The summed E-state index contributed by atoms with van der Waals surface area (Å²) in [5, 5.41) is 12.3. The van der Waals surface area contributed by atoms with Crippen LogP contribution in [-0.2, 0) is 17.6 Å². The molecule has 0 saturated heterocycles. The number of rotatable bonds is 6. The van der Waals surface area contributed by atoms with Crippen LogP contribution < -0.4 is 5.32 Å². The number of nitrogens with one attached hydrogen (secondary N) is 1. The first-order valence-corrected chi connectivity index (χ1v) is 9.47. The van der Waals surface area contributed by atoms with Gasteiger partial charge in [-0.1, -0.05) is 26.7 Å². The van der Waals surface area contributed by atoms with Crippen molar-refractivity contribution >= 4 is 23.2 Å². The van der Waals surface area contributed by atoms with Gasteiger partial charge in [0.25, 0.3) is 5.91 Å². The second-order valence-corrected chi connectivity index (χ2v) is 7.59. The molecule has 4 nitrogen and oxygen atoms in total. The van der Waals surface area contributed by atoms with E-state index in [-0.39, 0.29) is 12.5 Å². The van der Waals surface area contributed by atoms with Crippen molar-refractivity contribution in [1.29, 1.82) is 0 Å². The van der Waals surface area contributed by atoms with Crippen LogP contribution in [0, 0.1) is 5.41 Å². The van der Waals surface area contributed by atoms with E-state index in [9.17, 15) is 14.7 Å². The first-order chi connectivity index (χ1) is 11.0. The van der Waals surface area contributed by atoms with E-state index in [0.717, 1.165) is 17.7 Å². The standard InChI is InChI=1S/C18H27NO3S/c1-3-18(4-2,17(21)22)12-19-16(20)15-11-13-9-7-5-6-8-10-14(13)23-15/h11H,3-10,12H2,1-2H3,(H,19,20)(H,21,22). The zero-order valence-corrected chi connectivity index (χ0v) is 14.9. The van der Waals surface area contributed by atoms with Gasteiger partial charge in [0.2, 0.25) is 0 Å². The third kappa shape index (κ3) is 4.14. The Labute approximate surface area is 142 Å². The molecule has 1 aliphatic rings. The highest BCUT2D eigenvalue weighted by Crippen LogP contribution is 2.29. The third-order valence-electron chi connectivity index (χ3n) is 5.11. The van der Waals surface area contributed by atoms with E-state index in [2.05, 4.69) is 5.32 Å². The molecule has 2 N–H and O–H groups in total. The molecule has 0 aromatic carbocycles. The van der Waals surface area contributed by atoms with Crippen LogP contribution in [-0.4, -0.2) is 23.5 Å². The molecule has 1 aliphatic carbocycles. The van der Waals surface area contributed by atoms with Crippen molar-refractivity contribution in [2.75, 3.05) is 6.54 Å². The summed E-state index contributed by atoms with van der Waals surface area (Å²) in [6, 6.07) is 2.01. The number of carboxylic acids is 1. The number of hydrogen-bond acceptors (Lipinski definition) is 3. The normalized spacial score (nSPS) is 15.4. The van der Waals surface area contributed by atoms with Crippen molar-refractivity contribution in [3.63, 3.8) is 0 Å². The Morgan fingerprint density at radius 1 is 1.17 bits per heavy atom. The number of aliphatic carboxylic acids is 1. The summed E-state index contributed by atoms with van der Waals surface area (Å²) in [5.41, 5.74) is 0.455. The van der Waals surface area contributed by atoms with Crippen LogP contribution >= 0.6 is 11.3 Å². The summed E-state index contributed by atoms with van der Waals surface area (Å²) in [4.78, 5) is 26.0. The van der Waals surface area contributed by atoms with Gasteiger partial charge in [0, 0.05) is 11.4 Å². The second-order valence-electron chi connectivity index (χ2n) is 6.45. The van der Waals surface area contributed by atoms with Crippen molar-refractivity contribution in [1.82, 2.24) is 5.32 Å². The third-order valence-corrected chi connectivity index (χ3v) is 6.35. The number of carbonyl (C=O) groups is 2. The van der Waals surface area contributed by atoms with E-state index in [4.69, 9.17) is 0 Å². The first kappa shape index (κ1) is 18.0. The Balaban J connectivity index is 2.06. The van der Waals surface area contributed by atoms with Gasteiger partial charge < -0.3 is 10.4 Å². The Morgan fingerprint density at radius 2 is 1.83 bits per heavy atom. The maximum absolute atomic E-state index is 12.4. The summed E-state index contributed by atoms with van der Waals surface area (Å²) in [5.74, 6) is -0.962. The summed E-state index contributed by atoms with van der Waals surface area (Å²) < 4.78 is 0. The van der Waals surface area contributed by atoms with Crippen LogP contribution in [0.15, 0.2) is 6.07 Å². The fourth-order valence-corrected chi connectivity index (χ4v) is 4.34. The zero-order valence-electron chi connectivity index (χ0n) is 14.1. The monoisotopic (exact) mass is 337 g/mol. The average molecular weight is 337 g/mol. The maximum Gasteiger partial charge on any atom is 0.311 e. The van der Waals surface area contributed by atoms with Crippen LogP contribution in [0.2, 0.25) is 0 Å². The molecule has 0 radical (unpaired) electrons. The van der Waals surface area contributed by atoms with Crippen LogP contribution in [0.1, 0.15) is 72.5 Å². The number of thiophene rings is 1. The van der Waals surface area contributed by atoms with Crippen LogP contribution in [0.25, 0.3) is 0 Å². The van der Waals surface area contributed by atoms with Gasteiger partial charge in [0.15, 0.2) is 0 Å². The predicted molar refractivity (Wildman–Crippen MR) is 93.2 cm³/mol. The molecule has 0 spiro atoms. The number of carbonyl (C=O) groups excluding carboxylic acids is 1. The molecule has 5 heteroatoms. The first-order valence-electron chi connectivity index (χ1n) is 8.65. The van der Waals surface area contributed by atoms with Gasteiger partial charge in [0.05, 0.1) is 10.3 Å². The molecule has 0 bridgehead atoms. The van der Waals surface area contributed by atoms with Gasteiger partial charge >= 0.3 is 5.97 Å². The molecule has 0 saturated carbocycles. The van der Waals surface area contributed by atoms with Crippen LogP contribution in [0.3, 0.4) is 0 Å². The molecule has 128 valence electrons. The van der Waals surface area contributed by atoms with Gasteiger partial charge in [-0.25, -0.2) is 0 Å². The molecule has 1 heterocycles. The Hall–Kier alpha value is -1.36. The molecule has 1 aromatic rings. The number of fused-ring (bicyclic) bond motifs is 1. The van der Waals surface area contributed by atoms with E-state index < -0.39 is 11.4 Å². The quantitative estimate of drug-likeness (QED) is 0.823. The van der Waals surface area contributed by atoms with Gasteiger partial charge in [-0.15, -0.1) is 11.3 Å². The Bertz CT molecular complexity index is 535. The summed E-state index contributed by atoms with van der Waals surface area (Å²) >= 11 is 1.58. The van der Waals surface area contributed by atoms with Gasteiger partial charge in [-0.2, -0.15) is 0 Å². The molecular weight excluding hydrogens is 310 g/mol. The predicted octanol–water partition coefficient (Wildman–Crippen LogP) is 4.03. The molecule has 0 aliphatic heterocycles. The fourth-order valence-electron chi connectivity index (χ4n) is 3.17. The topological polar surface area (TPSA) is 66.4 Å². The SMILES string of the molecule is CCC(CC)(CNC(=O)c1cc2c(s1)CCCCCC2)C(=O)O. The van der Waals surface area contributed by atoms with Crippen molar-refractivity contribution in [2.24, 2.45) is 5.41 Å². The minimum absolute atomic E-state index is 0.130. The van der Waals surface area contributed by atoms with Crippen LogP contribution in [0.5, 0.6) is 0 Å². The average Bonchev–Trinajstić information content (AvgIpc) is 2.90. The molecular formula is C18H27NO3S. The van der Waals surface area contributed by atoms with Gasteiger partial charge in [-0.05, 0) is 50.2 Å². The largest absolute Gasteiger partial charge is 0.481 e. The fraction of sp³-hybridized carbons (Fsp3) is 0.667. The van der Waals surface area contributed by atoms with E-state index in [1.807, 2.05) is 19.9 Å². The smallest absolute Gasteiger partial charge is 0.311 e. The highest BCUT2D eigenvalue weighted by Gasteiger charge is 2.35. The lowest BCUT2D eigenvalue weighted by Gasteiger charge is -2.26. The molecule has 1 amide bonds. The lowest BCUT2D eigenvalue weighted by Crippen LogP contribution is -2.42. The second kappa shape index (κ2) is 7.95. The van der Waals surface area contributed by atoms with E-state index >= 15 is 0 Å². The van der Waals surface area contributed by atoms with Gasteiger partial charge in [0.1, 0.15) is 0 Å². The molecule has 0 fully saturated rings. The molecule has 0 atom stereocenters. The number of amides is 1. The summed E-state index contributed by atoms with van der Waals surface area (Å²) in [7, 11) is 0. The maximum atomic E-state index is 12.4. The highest BCUT2D eigenvalue weighted by molar-refractivity contribution is 7.14. The molecule has 1 aromatic heterocycles. The van der Waals surface area contributed by atoms with Crippen molar-refractivity contribution in [3.05, 3.63) is 21.4 Å². The molecule has 23 heavy (non-hydrogen) atoms. The molecule has 0 unspecified atom stereocenters. The highest BCUT2D eigenvalue weighted by atomic mass is 32.1. The van der Waals surface area contributed by atoms with Crippen molar-refractivity contribution < 1.29 is 14.7 Å². The Kier molecular flexibility index (Phi) is 6.22. The minimum atomic E-state index is -0.860. The lowest BCUT2D eigenvalue weighted by molar-refractivity contribution is -0.149. The Morgan fingerprint density at radius 3 is 2.43 bits per heavy atom. The van der Waals surface area contributed by atoms with E-state index in [1.54, 1.807) is 11.3 Å². The lowest BCUT2D eigenvalue weighted by atomic mass is 9.82. The van der Waals surface area contributed by atoms with Crippen molar-refractivity contribution in [3.8, 4) is 0 Å². The molecule has 2 rings (SSSR count). The number of hydrogen-bond donors (Lipinski definition) is 2. The number of aryl methyl sites for hydroxylation is 2. The summed E-state index contributed by atoms with van der Waals surface area (Å²) in [6.45, 7) is 3.91. The summed E-state index contributed by atoms with van der Waals surface area (Å²) in [6.07, 6.45) is 8.08. The van der Waals surface area contributed by atoms with E-state index in [1.165, 1.54) is 36.1 Å². The van der Waals surface area contributed by atoms with Crippen LogP contribution in [0.4, 0.5) is 0 Å². The van der Waals surface area contributed by atoms with Gasteiger partial charge in [-0.3, -0.25) is 9.59 Å². The number of carboxylic acid groups (broad SMARTS) is 1. The van der Waals surface area contributed by atoms with E-state index in [0.29, 0.717) is 12.8 Å².